The Morgan fingerprint density at radius 3 is 2.42 bits per heavy atom. The molecule has 2 rings (SSSR count). The molecule has 0 bridgehead atoms. The quantitative estimate of drug-likeness (QED) is 0.698. The van der Waals surface area contributed by atoms with Gasteiger partial charge in [0.25, 0.3) is 11.8 Å². The fraction of sp³-hybridized carbons (Fsp3) is 0.176. The normalized spacial score (nSPS) is 10.1. The number of amides is 2. The Kier molecular flexibility index (Phi) is 7.37. The van der Waals surface area contributed by atoms with Gasteiger partial charge in [-0.05, 0) is 29.8 Å². The number of nitrogens with one attached hydrogen (secondary N) is 2. The highest BCUT2D eigenvalue weighted by Gasteiger charge is 2.12. The highest BCUT2D eigenvalue weighted by Crippen LogP contribution is 2.09. The van der Waals surface area contributed by atoms with E-state index in [1.54, 1.807) is 24.3 Å². The minimum absolute atomic E-state index is 0.0750. The summed E-state index contributed by atoms with van der Waals surface area (Å²) in [4.78, 5) is 38.9. The van der Waals surface area contributed by atoms with Crippen molar-refractivity contribution in [1.29, 1.82) is 0 Å². The van der Waals surface area contributed by atoms with Gasteiger partial charge in [-0.3, -0.25) is 19.4 Å². The summed E-state index contributed by atoms with van der Waals surface area (Å²) in [5.74, 6) is -1.78. The third-order valence-corrected chi connectivity index (χ3v) is 3.60. The number of hydrogen-bond acceptors (Lipinski definition) is 5. The zero-order valence-electron chi connectivity index (χ0n) is 13.5. The second-order valence-electron chi connectivity index (χ2n) is 5.11. The Labute approximate surface area is 159 Å². The molecule has 9 heteroatoms. The molecule has 0 unspecified atom stereocenters. The maximum absolute atomic E-state index is 11.8. The zero-order valence-corrected chi connectivity index (χ0v) is 15.0. The summed E-state index contributed by atoms with van der Waals surface area (Å²) in [5, 5.41) is 5.89. The summed E-state index contributed by atoms with van der Waals surface area (Å²) >= 11 is 11.5. The predicted octanol–water partition coefficient (Wildman–Crippen LogP) is 1.98. The first-order valence-corrected chi connectivity index (χ1v) is 8.26. The smallest absolute Gasteiger partial charge is 0.325 e. The van der Waals surface area contributed by atoms with E-state index in [1.165, 1.54) is 18.3 Å². The van der Waals surface area contributed by atoms with E-state index < -0.39 is 30.9 Å². The van der Waals surface area contributed by atoms with Crippen molar-refractivity contribution in [2.75, 3.05) is 13.2 Å². The summed E-state index contributed by atoms with van der Waals surface area (Å²) < 4.78 is 4.79. The Hall–Kier alpha value is -2.64. The van der Waals surface area contributed by atoms with E-state index in [0.717, 1.165) is 5.56 Å². The monoisotopic (exact) mass is 395 g/mol. The standard InChI is InChI=1S/C17H15Cl2N3O4/c18-12-3-1-11(2-4-12)8-21-15(23)10-26-16(24)9-22-17(25)14-7-13(19)5-6-20-14/h1-7H,8-10H2,(H,21,23)(H,22,25). The molecular weight excluding hydrogens is 381 g/mol. The van der Waals surface area contributed by atoms with Crippen LogP contribution in [-0.2, 0) is 20.9 Å². The number of halogens is 2. The first kappa shape index (κ1) is 19.7. The second-order valence-corrected chi connectivity index (χ2v) is 5.98. The van der Waals surface area contributed by atoms with Crippen molar-refractivity contribution in [1.82, 2.24) is 15.6 Å². The average Bonchev–Trinajstić information content (AvgIpc) is 2.64. The van der Waals surface area contributed by atoms with Crippen molar-refractivity contribution in [2.45, 2.75) is 6.54 Å². The van der Waals surface area contributed by atoms with E-state index >= 15 is 0 Å². The van der Waals surface area contributed by atoms with Gasteiger partial charge < -0.3 is 15.4 Å². The van der Waals surface area contributed by atoms with Crippen molar-refractivity contribution in [3.05, 3.63) is 63.9 Å². The van der Waals surface area contributed by atoms with Crippen LogP contribution >= 0.6 is 23.2 Å². The lowest BCUT2D eigenvalue weighted by molar-refractivity contribution is -0.147. The van der Waals surface area contributed by atoms with Crippen LogP contribution in [0.25, 0.3) is 0 Å². The predicted molar refractivity (Wildman–Crippen MR) is 95.8 cm³/mol. The lowest BCUT2D eigenvalue weighted by Gasteiger charge is -2.08. The molecule has 0 fully saturated rings. The highest BCUT2D eigenvalue weighted by molar-refractivity contribution is 6.31. The Balaban J connectivity index is 1.67. The van der Waals surface area contributed by atoms with Crippen LogP contribution < -0.4 is 10.6 Å². The molecule has 0 aliphatic rings. The van der Waals surface area contributed by atoms with Crippen molar-refractivity contribution in [3.63, 3.8) is 0 Å². The van der Waals surface area contributed by atoms with Crippen LogP contribution in [-0.4, -0.2) is 35.9 Å². The lowest BCUT2D eigenvalue weighted by atomic mass is 10.2. The number of carbonyl (C=O) groups is 3. The Morgan fingerprint density at radius 1 is 1.00 bits per heavy atom. The van der Waals surface area contributed by atoms with Gasteiger partial charge in [0, 0.05) is 22.8 Å². The van der Waals surface area contributed by atoms with E-state index in [4.69, 9.17) is 27.9 Å². The molecule has 0 aliphatic carbocycles. The average molecular weight is 396 g/mol. The topological polar surface area (TPSA) is 97.4 Å². The van der Waals surface area contributed by atoms with Gasteiger partial charge in [0.15, 0.2) is 6.61 Å². The zero-order chi connectivity index (χ0) is 18.9. The van der Waals surface area contributed by atoms with E-state index in [0.29, 0.717) is 10.0 Å². The number of pyridine rings is 1. The molecule has 0 atom stereocenters. The van der Waals surface area contributed by atoms with Gasteiger partial charge in [0.1, 0.15) is 12.2 Å². The SMILES string of the molecule is O=C(COC(=O)CNC(=O)c1cc(Cl)ccn1)NCc1ccc(Cl)cc1. The summed E-state index contributed by atoms with van der Waals surface area (Å²) in [6.45, 7) is -0.556. The van der Waals surface area contributed by atoms with Gasteiger partial charge in [-0.1, -0.05) is 35.3 Å². The van der Waals surface area contributed by atoms with Crippen molar-refractivity contribution in [3.8, 4) is 0 Å². The lowest BCUT2D eigenvalue weighted by Crippen LogP contribution is -2.34. The first-order valence-electron chi connectivity index (χ1n) is 7.50. The number of nitrogens with zero attached hydrogens (tertiary/aromatic N) is 1. The Bertz CT molecular complexity index is 797. The summed E-state index contributed by atoms with van der Waals surface area (Å²) in [6, 6.07) is 9.85. The number of aromatic nitrogens is 1. The number of benzene rings is 1. The molecule has 1 aromatic heterocycles. The largest absolute Gasteiger partial charge is 0.454 e. The van der Waals surface area contributed by atoms with Crippen molar-refractivity contribution in [2.24, 2.45) is 0 Å². The molecule has 7 nitrogen and oxygen atoms in total. The molecule has 0 aliphatic heterocycles. The van der Waals surface area contributed by atoms with Crippen LogP contribution in [0, 0.1) is 0 Å². The molecule has 2 aromatic rings. The van der Waals surface area contributed by atoms with Crippen LogP contribution in [0.4, 0.5) is 0 Å². The number of hydrogen-bond donors (Lipinski definition) is 2. The first-order chi connectivity index (χ1) is 12.4. The summed E-state index contributed by atoms with van der Waals surface area (Å²) in [6.07, 6.45) is 1.38. The molecule has 2 amide bonds. The molecule has 0 saturated heterocycles. The van der Waals surface area contributed by atoms with Gasteiger partial charge >= 0.3 is 5.97 Å². The molecule has 0 saturated carbocycles. The van der Waals surface area contributed by atoms with Crippen LogP contribution in [0.3, 0.4) is 0 Å². The van der Waals surface area contributed by atoms with Gasteiger partial charge in [-0.25, -0.2) is 0 Å². The fourth-order valence-corrected chi connectivity index (χ4v) is 2.11. The minimum Gasteiger partial charge on any atom is -0.454 e. The summed E-state index contributed by atoms with van der Waals surface area (Å²) in [5.41, 5.74) is 0.932. The minimum atomic E-state index is -0.748. The molecule has 0 radical (unpaired) electrons. The van der Waals surface area contributed by atoms with Gasteiger partial charge in [0.05, 0.1) is 0 Å². The molecule has 136 valence electrons. The second kappa shape index (κ2) is 9.74. The molecule has 1 heterocycles. The van der Waals surface area contributed by atoms with Crippen molar-refractivity contribution >= 4 is 41.0 Å². The fourth-order valence-electron chi connectivity index (χ4n) is 1.82. The highest BCUT2D eigenvalue weighted by atomic mass is 35.5. The van der Waals surface area contributed by atoms with Gasteiger partial charge in [-0.15, -0.1) is 0 Å². The van der Waals surface area contributed by atoms with Crippen molar-refractivity contribution < 1.29 is 19.1 Å². The number of rotatable bonds is 7. The van der Waals surface area contributed by atoms with E-state index in [9.17, 15) is 14.4 Å². The molecule has 1 aromatic carbocycles. The third kappa shape index (κ3) is 6.70. The summed E-state index contributed by atoms with van der Waals surface area (Å²) in [7, 11) is 0. The van der Waals surface area contributed by atoms with Gasteiger partial charge in [-0.2, -0.15) is 0 Å². The van der Waals surface area contributed by atoms with Gasteiger partial charge in [0.2, 0.25) is 0 Å². The molecule has 26 heavy (non-hydrogen) atoms. The molecular formula is C17H15Cl2N3O4. The van der Waals surface area contributed by atoms with Crippen LogP contribution in [0.15, 0.2) is 42.6 Å². The molecule has 2 N–H and O–H groups in total. The van der Waals surface area contributed by atoms with Crippen LogP contribution in [0.5, 0.6) is 0 Å². The number of esters is 1. The maximum atomic E-state index is 11.8. The molecule has 0 spiro atoms. The number of carbonyl (C=O) groups excluding carboxylic acids is 3. The van der Waals surface area contributed by atoms with E-state index in [1.807, 2.05) is 0 Å². The third-order valence-electron chi connectivity index (χ3n) is 3.12. The van der Waals surface area contributed by atoms with Crippen LogP contribution in [0.2, 0.25) is 10.0 Å². The Morgan fingerprint density at radius 2 is 1.73 bits per heavy atom. The van der Waals surface area contributed by atoms with Crippen LogP contribution in [0.1, 0.15) is 16.1 Å². The number of ether oxygens (including phenoxy) is 1. The van der Waals surface area contributed by atoms with E-state index in [2.05, 4.69) is 15.6 Å². The van der Waals surface area contributed by atoms with E-state index in [-0.39, 0.29) is 12.2 Å². The maximum Gasteiger partial charge on any atom is 0.325 e.